The average Bonchev–Trinajstić information content (AvgIpc) is 2.59. The van der Waals surface area contributed by atoms with Crippen molar-refractivity contribution in [2.75, 3.05) is 13.2 Å². The van der Waals surface area contributed by atoms with Gasteiger partial charge in [0.2, 0.25) is 0 Å². The van der Waals surface area contributed by atoms with Crippen LogP contribution in [0.4, 0.5) is 0 Å². The lowest BCUT2D eigenvalue weighted by molar-refractivity contribution is 0.184. The molecule has 0 saturated carbocycles. The number of hydrogen-bond donors (Lipinski definition) is 1. The fourth-order valence-electron chi connectivity index (χ4n) is 1.96. The quantitative estimate of drug-likeness (QED) is 0.837. The van der Waals surface area contributed by atoms with E-state index >= 15 is 0 Å². The molecule has 1 aliphatic heterocycles. The lowest BCUT2D eigenvalue weighted by atomic mass is 9.95. The summed E-state index contributed by atoms with van der Waals surface area (Å²) >= 11 is 5.98. The van der Waals surface area contributed by atoms with Crippen LogP contribution in [0.15, 0.2) is 18.2 Å². The van der Waals surface area contributed by atoms with E-state index in [0.29, 0.717) is 12.5 Å². The van der Waals surface area contributed by atoms with Crippen LogP contribution in [0.2, 0.25) is 5.02 Å². The number of aryl methyl sites for hydroxylation is 1. The molecule has 1 fully saturated rings. The summed E-state index contributed by atoms with van der Waals surface area (Å²) in [6.07, 6.45) is 0.985. The van der Waals surface area contributed by atoms with Crippen LogP contribution in [-0.2, 0) is 11.2 Å². The first-order chi connectivity index (χ1) is 7.16. The van der Waals surface area contributed by atoms with Crippen molar-refractivity contribution < 1.29 is 4.74 Å². The van der Waals surface area contributed by atoms with E-state index in [2.05, 4.69) is 12.1 Å². The van der Waals surface area contributed by atoms with Gasteiger partial charge in [0.15, 0.2) is 0 Å². The highest BCUT2D eigenvalue weighted by Gasteiger charge is 2.24. The number of rotatable bonds is 2. The van der Waals surface area contributed by atoms with Crippen molar-refractivity contribution in [3.8, 4) is 0 Å². The molecule has 0 spiro atoms. The average molecular weight is 226 g/mol. The van der Waals surface area contributed by atoms with Crippen molar-refractivity contribution in [3.05, 3.63) is 34.3 Å². The van der Waals surface area contributed by atoms with Crippen LogP contribution in [0.25, 0.3) is 0 Å². The number of halogens is 1. The van der Waals surface area contributed by atoms with E-state index in [4.69, 9.17) is 22.1 Å². The number of nitrogens with two attached hydrogens (primary N) is 1. The normalized spacial score (nSPS) is 25.8. The van der Waals surface area contributed by atoms with Crippen molar-refractivity contribution in [3.63, 3.8) is 0 Å². The Morgan fingerprint density at radius 1 is 1.47 bits per heavy atom. The van der Waals surface area contributed by atoms with Gasteiger partial charge >= 0.3 is 0 Å². The van der Waals surface area contributed by atoms with Gasteiger partial charge in [0.05, 0.1) is 13.2 Å². The Balaban J connectivity index is 2.07. The molecule has 1 saturated heterocycles. The Morgan fingerprint density at radius 3 is 2.87 bits per heavy atom. The fraction of sp³-hybridized carbons (Fsp3) is 0.500. The summed E-state index contributed by atoms with van der Waals surface area (Å²) in [6.45, 7) is 3.50. The predicted molar refractivity (Wildman–Crippen MR) is 62.2 cm³/mol. The fourth-order valence-corrected chi connectivity index (χ4v) is 2.08. The first-order valence-electron chi connectivity index (χ1n) is 5.25. The Hall–Kier alpha value is -0.570. The molecule has 82 valence electrons. The third-order valence-electron chi connectivity index (χ3n) is 2.97. The van der Waals surface area contributed by atoms with E-state index in [1.165, 1.54) is 5.56 Å². The van der Waals surface area contributed by atoms with Crippen molar-refractivity contribution in [2.45, 2.75) is 19.4 Å². The third-order valence-corrected chi connectivity index (χ3v) is 3.39. The molecule has 0 aromatic heterocycles. The third kappa shape index (κ3) is 2.51. The Bertz CT molecular complexity index is 353. The van der Waals surface area contributed by atoms with Gasteiger partial charge in [-0.25, -0.2) is 0 Å². The summed E-state index contributed by atoms with van der Waals surface area (Å²) in [5.74, 6) is 0.450. The van der Waals surface area contributed by atoms with Gasteiger partial charge in [-0.2, -0.15) is 0 Å². The monoisotopic (exact) mass is 225 g/mol. The molecule has 2 rings (SSSR count). The van der Waals surface area contributed by atoms with Gasteiger partial charge in [0.25, 0.3) is 0 Å². The van der Waals surface area contributed by atoms with Gasteiger partial charge in [-0.1, -0.05) is 23.7 Å². The first-order valence-corrected chi connectivity index (χ1v) is 5.63. The number of benzene rings is 1. The van der Waals surface area contributed by atoms with E-state index < -0.39 is 0 Å². The van der Waals surface area contributed by atoms with Crippen LogP contribution in [-0.4, -0.2) is 19.3 Å². The summed E-state index contributed by atoms with van der Waals surface area (Å²) in [4.78, 5) is 0. The molecule has 0 bridgehead atoms. The molecule has 2 unspecified atom stereocenters. The molecule has 0 aliphatic carbocycles. The van der Waals surface area contributed by atoms with E-state index in [1.807, 2.05) is 13.0 Å². The van der Waals surface area contributed by atoms with Gasteiger partial charge < -0.3 is 10.5 Å². The standard InChI is InChI=1S/C12H16ClNO/c1-8-4-9(2-3-11(8)13)5-10-6-15-7-12(10)14/h2-4,10,12H,5-7,14H2,1H3. The zero-order valence-corrected chi connectivity index (χ0v) is 9.63. The second-order valence-electron chi connectivity index (χ2n) is 4.25. The highest BCUT2D eigenvalue weighted by Crippen LogP contribution is 2.21. The Morgan fingerprint density at radius 2 is 2.27 bits per heavy atom. The largest absolute Gasteiger partial charge is 0.379 e. The molecule has 2 nitrogen and oxygen atoms in total. The minimum absolute atomic E-state index is 0.181. The van der Waals surface area contributed by atoms with E-state index in [0.717, 1.165) is 23.6 Å². The maximum absolute atomic E-state index is 5.98. The Labute approximate surface area is 95.4 Å². The summed E-state index contributed by atoms with van der Waals surface area (Å²) in [5.41, 5.74) is 8.36. The van der Waals surface area contributed by atoms with Crippen LogP contribution in [0.3, 0.4) is 0 Å². The predicted octanol–water partition coefficient (Wildman–Crippen LogP) is 2.16. The highest BCUT2D eigenvalue weighted by molar-refractivity contribution is 6.31. The second-order valence-corrected chi connectivity index (χ2v) is 4.66. The molecule has 1 aliphatic rings. The summed E-state index contributed by atoms with van der Waals surface area (Å²) in [5, 5.41) is 0.825. The van der Waals surface area contributed by atoms with Crippen LogP contribution < -0.4 is 5.73 Å². The molecule has 2 atom stereocenters. The maximum Gasteiger partial charge on any atom is 0.0621 e. The lowest BCUT2D eigenvalue weighted by Gasteiger charge is -2.13. The molecule has 0 amide bonds. The molecule has 1 aromatic rings. The topological polar surface area (TPSA) is 35.2 Å². The lowest BCUT2D eigenvalue weighted by Crippen LogP contribution is -2.29. The SMILES string of the molecule is Cc1cc(CC2COCC2N)ccc1Cl. The van der Waals surface area contributed by atoms with Gasteiger partial charge in [-0.15, -0.1) is 0 Å². The van der Waals surface area contributed by atoms with Crippen molar-refractivity contribution in [2.24, 2.45) is 11.7 Å². The van der Waals surface area contributed by atoms with Gasteiger partial charge in [-0.05, 0) is 30.5 Å². The van der Waals surface area contributed by atoms with Crippen LogP contribution >= 0.6 is 11.6 Å². The highest BCUT2D eigenvalue weighted by atomic mass is 35.5. The van der Waals surface area contributed by atoms with Crippen molar-refractivity contribution in [1.29, 1.82) is 0 Å². The molecule has 3 heteroatoms. The van der Waals surface area contributed by atoms with Gasteiger partial charge in [-0.3, -0.25) is 0 Å². The molecule has 15 heavy (non-hydrogen) atoms. The minimum Gasteiger partial charge on any atom is -0.379 e. The van der Waals surface area contributed by atoms with E-state index in [1.54, 1.807) is 0 Å². The second kappa shape index (κ2) is 4.52. The zero-order chi connectivity index (χ0) is 10.8. The molecule has 0 radical (unpaired) electrons. The van der Waals surface area contributed by atoms with Gasteiger partial charge in [0.1, 0.15) is 0 Å². The summed E-state index contributed by atoms with van der Waals surface area (Å²) in [6, 6.07) is 6.34. The van der Waals surface area contributed by atoms with Crippen molar-refractivity contribution >= 4 is 11.6 Å². The molecular weight excluding hydrogens is 210 g/mol. The smallest absolute Gasteiger partial charge is 0.0621 e. The van der Waals surface area contributed by atoms with Crippen LogP contribution in [0.1, 0.15) is 11.1 Å². The molecular formula is C12H16ClNO. The summed E-state index contributed by atoms with van der Waals surface area (Å²) < 4.78 is 5.34. The molecule has 1 heterocycles. The van der Waals surface area contributed by atoms with Crippen molar-refractivity contribution in [1.82, 2.24) is 0 Å². The minimum atomic E-state index is 0.181. The zero-order valence-electron chi connectivity index (χ0n) is 8.87. The first kappa shape index (κ1) is 10.9. The molecule has 2 N–H and O–H groups in total. The molecule has 1 aromatic carbocycles. The van der Waals surface area contributed by atoms with Crippen LogP contribution in [0.5, 0.6) is 0 Å². The maximum atomic E-state index is 5.98. The van der Waals surface area contributed by atoms with E-state index in [9.17, 15) is 0 Å². The van der Waals surface area contributed by atoms with Crippen LogP contribution in [0, 0.1) is 12.8 Å². The Kier molecular flexibility index (Phi) is 3.29. The number of hydrogen-bond acceptors (Lipinski definition) is 2. The van der Waals surface area contributed by atoms with Gasteiger partial charge in [0, 0.05) is 17.0 Å². The van der Waals surface area contributed by atoms with E-state index in [-0.39, 0.29) is 6.04 Å². The summed E-state index contributed by atoms with van der Waals surface area (Å²) in [7, 11) is 0. The number of ether oxygens (including phenoxy) is 1.